The van der Waals surface area contributed by atoms with E-state index in [2.05, 4.69) is 10.6 Å². The molecular formula is C14H22Cl2N2O. The lowest BCUT2D eigenvalue weighted by Crippen LogP contribution is -2.25. The number of nitrogens with one attached hydrogen (secondary N) is 2. The first-order valence-electron chi connectivity index (χ1n) is 6.58. The molecule has 3 nitrogen and oxygen atoms in total. The number of hydrogen-bond donors (Lipinski definition) is 2. The summed E-state index contributed by atoms with van der Waals surface area (Å²) in [5, 5.41) is 7.96. The molecule has 1 rings (SSSR count). The molecule has 0 amide bonds. The molecule has 0 radical (unpaired) electrons. The minimum atomic E-state index is 0.612. The van der Waals surface area contributed by atoms with Crippen LogP contribution in [0.25, 0.3) is 0 Å². The van der Waals surface area contributed by atoms with Gasteiger partial charge in [-0.25, -0.2) is 0 Å². The molecule has 19 heavy (non-hydrogen) atoms. The molecule has 0 aromatic heterocycles. The van der Waals surface area contributed by atoms with Gasteiger partial charge in [-0.2, -0.15) is 0 Å². The third-order valence-electron chi connectivity index (χ3n) is 2.76. The molecule has 108 valence electrons. The van der Waals surface area contributed by atoms with Gasteiger partial charge in [0.15, 0.2) is 0 Å². The predicted octanol–water partition coefficient (Wildman–Crippen LogP) is 2.75. The fraction of sp³-hybridized carbons (Fsp3) is 0.571. The standard InChI is InChI=1S/C14H22Cl2N2O/c1-19-10-9-18-7-2-6-17-8-5-12-3-4-13(15)14(16)11-12/h3-4,11,17-18H,2,5-10H2,1H3. The first-order valence-corrected chi connectivity index (χ1v) is 7.34. The van der Waals surface area contributed by atoms with Crippen molar-refractivity contribution in [2.24, 2.45) is 0 Å². The average Bonchev–Trinajstić information content (AvgIpc) is 2.41. The van der Waals surface area contributed by atoms with E-state index >= 15 is 0 Å². The summed E-state index contributed by atoms with van der Waals surface area (Å²) in [6.45, 7) is 4.67. The third-order valence-corrected chi connectivity index (χ3v) is 3.50. The van der Waals surface area contributed by atoms with Crippen LogP contribution in [0.4, 0.5) is 0 Å². The number of methoxy groups -OCH3 is 1. The zero-order valence-corrected chi connectivity index (χ0v) is 12.9. The highest BCUT2D eigenvalue weighted by molar-refractivity contribution is 6.42. The third kappa shape index (κ3) is 7.75. The second-order valence-electron chi connectivity index (χ2n) is 4.34. The lowest BCUT2D eigenvalue weighted by Gasteiger charge is -2.07. The molecule has 0 aliphatic carbocycles. The van der Waals surface area contributed by atoms with Crippen LogP contribution < -0.4 is 10.6 Å². The first kappa shape index (κ1) is 16.7. The molecule has 0 saturated heterocycles. The number of benzene rings is 1. The van der Waals surface area contributed by atoms with Gasteiger partial charge in [0.25, 0.3) is 0 Å². The Morgan fingerprint density at radius 1 is 1.00 bits per heavy atom. The van der Waals surface area contributed by atoms with Gasteiger partial charge in [-0.3, -0.25) is 0 Å². The Balaban J connectivity index is 2.00. The Labute approximate surface area is 125 Å². The van der Waals surface area contributed by atoms with Crippen LogP contribution in [0.15, 0.2) is 18.2 Å². The largest absolute Gasteiger partial charge is 0.383 e. The van der Waals surface area contributed by atoms with Crippen molar-refractivity contribution >= 4 is 23.2 Å². The summed E-state index contributed by atoms with van der Waals surface area (Å²) in [7, 11) is 1.71. The van der Waals surface area contributed by atoms with Gasteiger partial charge >= 0.3 is 0 Å². The number of halogens is 2. The molecule has 0 aliphatic rings. The SMILES string of the molecule is COCCNCCCNCCc1ccc(Cl)c(Cl)c1. The van der Waals surface area contributed by atoms with Gasteiger partial charge in [-0.1, -0.05) is 29.3 Å². The highest BCUT2D eigenvalue weighted by Gasteiger charge is 1.99. The molecule has 0 fully saturated rings. The topological polar surface area (TPSA) is 33.3 Å². The van der Waals surface area contributed by atoms with E-state index in [9.17, 15) is 0 Å². The molecular weight excluding hydrogens is 283 g/mol. The molecule has 0 unspecified atom stereocenters. The van der Waals surface area contributed by atoms with Crippen molar-refractivity contribution in [3.8, 4) is 0 Å². The van der Waals surface area contributed by atoms with Crippen molar-refractivity contribution in [2.45, 2.75) is 12.8 Å². The summed E-state index contributed by atoms with van der Waals surface area (Å²) in [6.07, 6.45) is 2.08. The second-order valence-corrected chi connectivity index (χ2v) is 5.16. The Morgan fingerprint density at radius 3 is 2.42 bits per heavy atom. The van der Waals surface area contributed by atoms with Crippen LogP contribution in [0, 0.1) is 0 Å². The molecule has 0 saturated carbocycles. The molecule has 0 heterocycles. The van der Waals surface area contributed by atoms with Crippen LogP contribution in [0.3, 0.4) is 0 Å². The van der Waals surface area contributed by atoms with E-state index in [0.717, 1.165) is 45.6 Å². The summed E-state index contributed by atoms with van der Waals surface area (Å²) in [4.78, 5) is 0. The van der Waals surface area contributed by atoms with E-state index in [1.165, 1.54) is 5.56 Å². The smallest absolute Gasteiger partial charge is 0.0595 e. The lowest BCUT2D eigenvalue weighted by atomic mass is 10.1. The van der Waals surface area contributed by atoms with Gasteiger partial charge in [0, 0.05) is 13.7 Å². The van der Waals surface area contributed by atoms with Crippen molar-refractivity contribution in [3.63, 3.8) is 0 Å². The van der Waals surface area contributed by atoms with Gasteiger partial charge < -0.3 is 15.4 Å². The normalized spacial score (nSPS) is 10.9. The molecule has 0 aliphatic heterocycles. The zero-order chi connectivity index (χ0) is 13.9. The molecule has 1 aromatic carbocycles. The van der Waals surface area contributed by atoms with Crippen LogP contribution in [-0.4, -0.2) is 39.9 Å². The van der Waals surface area contributed by atoms with Gasteiger partial charge in [0.1, 0.15) is 0 Å². The summed E-state index contributed by atoms with van der Waals surface area (Å²) in [5.41, 5.74) is 1.21. The fourth-order valence-corrected chi connectivity index (χ4v) is 2.01. The number of ether oxygens (including phenoxy) is 1. The van der Waals surface area contributed by atoms with Gasteiger partial charge in [-0.15, -0.1) is 0 Å². The van der Waals surface area contributed by atoms with Crippen LogP contribution in [0.5, 0.6) is 0 Å². The van der Waals surface area contributed by atoms with Crippen molar-refractivity contribution in [1.29, 1.82) is 0 Å². The highest BCUT2D eigenvalue weighted by Crippen LogP contribution is 2.22. The van der Waals surface area contributed by atoms with E-state index in [-0.39, 0.29) is 0 Å². The average molecular weight is 305 g/mol. The van der Waals surface area contributed by atoms with E-state index in [4.69, 9.17) is 27.9 Å². The van der Waals surface area contributed by atoms with Crippen LogP contribution in [0.2, 0.25) is 10.0 Å². The molecule has 2 N–H and O–H groups in total. The van der Waals surface area contributed by atoms with Crippen LogP contribution in [0.1, 0.15) is 12.0 Å². The van der Waals surface area contributed by atoms with Crippen molar-refractivity contribution in [1.82, 2.24) is 10.6 Å². The number of rotatable bonds is 10. The van der Waals surface area contributed by atoms with Gasteiger partial charge in [0.05, 0.1) is 16.7 Å². The summed E-state index contributed by atoms with van der Waals surface area (Å²) >= 11 is 11.8. The molecule has 5 heteroatoms. The number of hydrogen-bond acceptors (Lipinski definition) is 3. The minimum Gasteiger partial charge on any atom is -0.383 e. The van der Waals surface area contributed by atoms with E-state index in [0.29, 0.717) is 10.0 Å². The molecule has 0 bridgehead atoms. The monoisotopic (exact) mass is 304 g/mol. The van der Waals surface area contributed by atoms with E-state index < -0.39 is 0 Å². The molecule has 0 spiro atoms. The Bertz CT molecular complexity index is 361. The maximum Gasteiger partial charge on any atom is 0.0595 e. The maximum atomic E-state index is 5.97. The minimum absolute atomic E-state index is 0.612. The Morgan fingerprint density at radius 2 is 1.74 bits per heavy atom. The quantitative estimate of drug-likeness (QED) is 0.652. The zero-order valence-electron chi connectivity index (χ0n) is 11.3. The summed E-state index contributed by atoms with van der Waals surface area (Å²) in [6, 6.07) is 5.79. The second kappa shape index (κ2) is 10.5. The van der Waals surface area contributed by atoms with E-state index in [1.807, 2.05) is 18.2 Å². The lowest BCUT2D eigenvalue weighted by molar-refractivity contribution is 0.199. The van der Waals surface area contributed by atoms with Gasteiger partial charge in [-0.05, 0) is 50.2 Å². The maximum absolute atomic E-state index is 5.97. The molecule has 0 atom stereocenters. The van der Waals surface area contributed by atoms with Crippen molar-refractivity contribution in [3.05, 3.63) is 33.8 Å². The molecule has 1 aromatic rings. The predicted molar refractivity (Wildman–Crippen MR) is 82.4 cm³/mol. The van der Waals surface area contributed by atoms with E-state index in [1.54, 1.807) is 7.11 Å². The van der Waals surface area contributed by atoms with Crippen LogP contribution >= 0.6 is 23.2 Å². The highest BCUT2D eigenvalue weighted by atomic mass is 35.5. The van der Waals surface area contributed by atoms with Crippen molar-refractivity contribution < 1.29 is 4.74 Å². The first-order chi connectivity index (χ1) is 9.24. The van der Waals surface area contributed by atoms with Gasteiger partial charge in [0.2, 0.25) is 0 Å². The summed E-state index contributed by atoms with van der Waals surface area (Å²) < 4.78 is 4.96. The fourth-order valence-electron chi connectivity index (χ4n) is 1.69. The van der Waals surface area contributed by atoms with Crippen LogP contribution in [-0.2, 0) is 11.2 Å². The Hall–Kier alpha value is -0.320. The summed E-state index contributed by atoms with van der Waals surface area (Å²) in [5.74, 6) is 0. The Kier molecular flexibility index (Phi) is 9.22. The van der Waals surface area contributed by atoms with Crippen molar-refractivity contribution in [2.75, 3.05) is 39.9 Å².